The normalized spacial score (nSPS) is 12.0. The summed E-state index contributed by atoms with van der Waals surface area (Å²) in [4.78, 5) is 12.1. The molecule has 0 atom stereocenters. The van der Waals surface area contributed by atoms with E-state index < -0.39 is 7.37 Å². The molecule has 27 heavy (non-hydrogen) atoms. The van der Waals surface area contributed by atoms with Crippen molar-refractivity contribution in [1.29, 1.82) is 0 Å². The molecular formula is C24H50O2P-. The second-order valence-corrected chi connectivity index (χ2v) is 11.1. The lowest BCUT2D eigenvalue weighted by molar-refractivity contribution is -0.175. The Hall–Kier alpha value is 0.190. The third kappa shape index (κ3) is 22.3. The third-order valence-electron chi connectivity index (χ3n) is 5.70. The molecular weight excluding hydrogens is 351 g/mol. The van der Waals surface area contributed by atoms with Gasteiger partial charge < -0.3 is 9.46 Å². The van der Waals surface area contributed by atoms with Gasteiger partial charge in [-0.2, -0.15) is 0 Å². The topological polar surface area (TPSA) is 40.1 Å². The van der Waals surface area contributed by atoms with Gasteiger partial charge in [-0.15, -0.1) is 0 Å². The summed E-state index contributed by atoms with van der Waals surface area (Å²) in [6.07, 6.45) is 26.1. The fraction of sp³-hybridized carbons (Fsp3) is 1.00. The molecule has 3 heteroatoms. The van der Waals surface area contributed by atoms with Gasteiger partial charge >= 0.3 is 0 Å². The third-order valence-corrected chi connectivity index (χ3v) is 7.70. The van der Waals surface area contributed by atoms with Gasteiger partial charge in [0.1, 0.15) is 0 Å². The Labute approximate surface area is 171 Å². The molecule has 0 saturated heterocycles. The highest BCUT2D eigenvalue weighted by Gasteiger charge is 2.07. The molecule has 0 saturated carbocycles. The van der Waals surface area contributed by atoms with E-state index in [1.807, 2.05) is 0 Å². The number of rotatable bonds is 22. The van der Waals surface area contributed by atoms with Crippen molar-refractivity contribution >= 4 is 7.37 Å². The summed E-state index contributed by atoms with van der Waals surface area (Å²) in [7, 11) is -3.09. The first-order valence-corrected chi connectivity index (χ1v) is 14.4. The van der Waals surface area contributed by atoms with Crippen LogP contribution in [-0.4, -0.2) is 12.3 Å². The van der Waals surface area contributed by atoms with Gasteiger partial charge in [0, 0.05) is 7.37 Å². The molecule has 0 unspecified atom stereocenters. The maximum absolute atomic E-state index is 12.1. The average molecular weight is 402 g/mol. The molecule has 0 N–H and O–H groups in total. The van der Waals surface area contributed by atoms with E-state index in [0.29, 0.717) is 12.3 Å². The largest absolute Gasteiger partial charge is 0.799 e. The maximum atomic E-state index is 12.1. The standard InChI is InChI=1S/C24H51O2P/c1-3-5-7-9-11-13-15-17-19-21-23-27(25,26)24-22-20-18-16-14-12-10-8-6-4-2/h3-24H2,1-2H3,(H,25,26)/p-1. The Balaban J connectivity index is 3.32. The van der Waals surface area contributed by atoms with Crippen molar-refractivity contribution in [3.05, 3.63) is 0 Å². The summed E-state index contributed by atoms with van der Waals surface area (Å²) in [5, 5.41) is 0. The predicted molar refractivity (Wildman–Crippen MR) is 121 cm³/mol. The molecule has 2 nitrogen and oxygen atoms in total. The SMILES string of the molecule is CCCCCCCCCCCCP(=O)([O-])CCCCCCCCCCCC. The van der Waals surface area contributed by atoms with E-state index >= 15 is 0 Å². The van der Waals surface area contributed by atoms with Crippen molar-refractivity contribution in [2.75, 3.05) is 12.3 Å². The van der Waals surface area contributed by atoms with E-state index in [4.69, 9.17) is 0 Å². The Morgan fingerprint density at radius 3 is 0.926 bits per heavy atom. The van der Waals surface area contributed by atoms with Gasteiger partial charge in [0.2, 0.25) is 0 Å². The summed E-state index contributed by atoms with van der Waals surface area (Å²) >= 11 is 0. The summed E-state index contributed by atoms with van der Waals surface area (Å²) in [5.41, 5.74) is 0. The van der Waals surface area contributed by atoms with Crippen LogP contribution in [0, 0.1) is 0 Å². The summed E-state index contributed by atoms with van der Waals surface area (Å²) < 4.78 is 12.1. The van der Waals surface area contributed by atoms with Crippen LogP contribution < -0.4 is 4.89 Å². The van der Waals surface area contributed by atoms with Crippen molar-refractivity contribution < 1.29 is 9.46 Å². The maximum Gasteiger partial charge on any atom is 0.0148 e. The highest BCUT2D eigenvalue weighted by molar-refractivity contribution is 7.56. The lowest BCUT2D eigenvalue weighted by Crippen LogP contribution is -2.09. The molecule has 0 aromatic heterocycles. The van der Waals surface area contributed by atoms with Crippen molar-refractivity contribution in [3.8, 4) is 0 Å². The fourth-order valence-electron chi connectivity index (χ4n) is 3.79. The average Bonchev–Trinajstić information content (AvgIpc) is 2.64. The van der Waals surface area contributed by atoms with Gasteiger partial charge in [-0.05, 0) is 25.2 Å². The van der Waals surface area contributed by atoms with Crippen molar-refractivity contribution in [1.82, 2.24) is 0 Å². The zero-order valence-electron chi connectivity index (χ0n) is 18.8. The molecule has 164 valence electrons. The number of unbranched alkanes of at least 4 members (excludes halogenated alkanes) is 18. The van der Waals surface area contributed by atoms with Gasteiger partial charge in [-0.3, -0.25) is 0 Å². The quantitative estimate of drug-likeness (QED) is 0.135. The Kier molecular flexibility index (Phi) is 21.1. The van der Waals surface area contributed by atoms with Crippen LogP contribution in [0.5, 0.6) is 0 Å². The molecule has 0 heterocycles. The second kappa shape index (κ2) is 20.9. The van der Waals surface area contributed by atoms with Crippen LogP contribution in [0.1, 0.15) is 142 Å². The Bertz CT molecular complexity index is 302. The number of hydrogen-bond acceptors (Lipinski definition) is 2. The van der Waals surface area contributed by atoms with Gasteiger partial charge in [-0.1, -0.05) is 129 Å². The Morgan fingerprint density at radius 2 is 0.667 bits per heavy atom. The van der Waals surface area contributed by atoms with Crippen molar-refractivity contribution in [2.24, 2.45) is 0 Å². The minimum absolute atomic E-state index is 0.445. The van der Waals surface area contributed by atoms with E-state index in [0.717, 1.165) is 25.7 Å². The molecule has 0 rings (SSSR count). The molecule has 0 aliphatic heterocycles. The fourth-order valence-corrected chi connectivity index (χ4v) is 5.43. The molecule has 0 radical (unpaired) electrons. The van der Waals surface area contributed by atoms with Crippen LogP contribution in [-0.2, 0) is 4.57 Å². The zero-order chi connectivity index (χ0) is 20.1. The number of hydrogen-bond donors (Lipinski definition) is 0. The molecule has 0 aromatic carbocycles. The highest BCUT2D eigenvalue weighted by Crippen LogP contribution is 2.38. The minimum atomic E-state index is -3.09. The minimum Gasteiger partial charge on any atom is -0.799 e. The van der Waals surface area contributed by atoms with E-state index in [9.17, 15) is 9.46 Å². The van der Waals surface area contributed by atoms with Gasteiger partial charge in [0.25, 0.3) is 0 Å². The summed E-state index contributed by atoms with van der Waals surface area (Å²) in [5.74, 6) is 0. The first-order valence-electron chi connectivity index (χ1n) is 12.4. The second-order valence-electron chi connectivity index (χ2n) is 8.63. The van der Waals surface area contributed by atoms with Crippen LogP contribution in [0.25, 0.3) is 0 Å². The molecule has 0 spiro atoms. The lowest BCUT2D eigenvalue weighted by atomic mass is 10.1. The van der Waals surface area contributed by atoms with Crippen LogP contribution in [0.4, 0.5) is 0 Å². The van der Waals surface area contributed by atoms with Crippen LogP contribution >= 0.6 is 7.37 Å². The zero-order valence-corrected chi connectivity index (χ0v) is 19.7. The molecule has 0 aromatic rings. The van der Waals surface area contributed by atoms with Crippen LogP contribution in [0.15, 0.2) is 0 Å². The van der Waals surface area contributed by atoms with E-state index in [1.165, 1.54) is 103 Å². The van der Waals surface area contributed by atoms with Gasteiger partial charge in [-0.25, -0.2) is 0 Å². The molecule has 0 bridgehead atoms. The summed E-state index contributed by atoms with van der Waals surface area (Å²) in [6.45, 7) is 4.51. The highest BCUT2D eigenvalue weighted by atomic mass is 31.2. The Morgan fingerprint density at radius 1 is 0.444 bits per heavy atom. The predicted octanol–water partition coefficient (Wildman–Crippen LogP) is 8.47. The van der Waals surface area contributed by atoms with Crippen molar-refractivity contribution in [2.45, 2.75) is 142 Å². The van der Waals surface area contributed by atoms with E-state index in [2.05, 4.69) is 13.8 Å². The van der Waals surface area contributed by atoms with Crippen LogP contribution in [0.3, 0.4) is 0 Å². The van der Waals surface area contributed by atoms with Gasteiger partial charge in [0.05, 0.1) is 0 Å². The molecule has 0 fully saturated rings. The molecule has 0 amide bonds. The van der Waals surface area contributed by atoms with Crippen LogP contribution in [0.2, 0.25) is 0 Å². The first-order chi connectivity index (χ1) is 13.1. The lowest BCUT2D eigenvalue weighted by Gasteiger charge is -2.23. The van der Waals surface area contributed by atoms with E-state index in [1.54, 1.807) is 0 Å². The summed E-state index contributed by atoms with van der Waals surface area (Å²) in [6, 6.07) is 0. The molecule has 0 aliphatic rings. The first kappa shape index (κ1) is 27.2. The van der Waals surface area contributed by atoms with Gasteiger partial charge in [0.15, 0.2) is 0 Å². The molecule has 0 aliphatic carbocycles. The van der Waals surface area contributed by atoms with Crippen molar-refractivity contribution in [3.63, 3.8) is 0 Å². The smallest absolute Gasteiger partial charge is 0.0148 e. The van der Waals surface area contributed by atoms with E-state index in [-0.39, 0.29) is 0 Å². The monoisotopic (exact) mass is 401 g/mol.